The number of ether oxygens (including phenoxy) is 2. The molecule has 1 atom stereocenters. The van der Waals surface area contributed by atoms with E-state index < -0.39 is 0 Å². The van der Waals surface area contributed by atoms with Crippen molar-refractivity contribution in [2.75, 3.05) is 20.8 Å². The molecule has 0 saturated carbocycles. The van der Waals surface area contributed by atoms with Crippen LogP contribution in [0.2, 0.25) is 5.02 Å². The Morgan fingerprint density at radius 3 is 2.53 bits per heavy atom. The monoisotopic (exact) mass is 255 g/mol. The molecule has 1 aromatic carbocycles. The van der Waals surface area contributed by atoms with Crippen molar-refractivity contribution >= 4 is 11.6 Å². The summed E-state index contributed by atoms with van der Waals surface area (Å²) in [6, 6.07) is 2.37. The summed E-state index contributed by atoms with van der Waals surface area (Å²) in [4.78, 5) is 0. The molecular weight excluding hydrogens is 238 g/mol. The van der Waals surface area contributed by atoms with Gasteiger partial charge in [-0.1, -0.05) is 11.6 Å². The molecule has 1 aliphatic heterocycles. The zero-order valence-electron chi connectivity index (χ0n) is 10.5. The normalized spacial score (nSPS) is 19.4. The molecule has 2 rings (SSSR count). The van der Waals surface area contributed by atoms with E-state index in [1.54, 1.807) is 14.2 Å². The van der Waals surface area contributed by atoms with Crippen molar-refractivity contribution in [3.8, 4) is 11.5 Å². The van der Waals surface area contributed by atoms with Crippen LogP contribution in [0.5, 0.6) is 11.5 Å². The zero-order valence-corrected chi connectivity index (χ0v) is 11.2. The van der Waals surface area contributed by atoms with Crippen molar-refractivity contribution < 1.29 is 9.47 Å². The predicted octanol–water partition coefficient (Wildman–Crippen LogP) is 3.09. The highest BCUT2D eigenvalue weighted by Crippen LogP contribution is 2.42. The standard InChI is InChI=1S/C13H18ClNO2/c1-8-9(11-5-4-6-15-11)7-10(14)13(17-3)12(8)16-2/h7,11,15H,4-6H2,1-3H3. The number of rotatable bonds is 3. The summed E-state index contributed by atoms with van der Waals surface area (Å²) in [5.41, 5.74) is 2.32. The van der Waals surface area contributed by atoms with Crippen LogP contribution in [-0.2, 0) is 0 Å². The van der Waals surface area contributed by atoms with Crippen molar-refractivity contribution in [1.82, 2.24) is 5.32 Å². The molecule has 0 radical (unpaired) electrons. The third-order valence-electron chi connectivity index (χ3n) is 3.32. The third kappa shape index (κ3) is 2.22. The molecule has 1 N–H and O–H groups in total. The Labute approximate surface area is 107 Å². The summed E-state index contributed by atoms with van der Waals surface area (Å²) in [5.74, 6) is 1.36. The van der Waals surface area contributed by atoms with Crippen molar-refractivity contribution in [2.45, 2.75) is 25.8 Å². The minimum absolute atomic E-state index is 0.382. The summed E-state index contributed by atoms with van der Waals surface area (Å²) >= 11 is 6.23. The van der Waals surface area contributed by atoms with Crippen LogP contribution in [0.3, 0.4) is 0 Å². The summed E-state index contributed by atoms with van der Waals surface area (Å²) in [6.45, 7) is 3.11. The van der Waals surface area contributed by atoms with Crippen molar-refractivity contribution in [2.24, 2.45) is 0 Å². The van der Waals surface area contributed by atoms with Gasteiger partial charge in [0.05, 0.1) is 19.2 Å². The van der Waals surface area contributed by atoms with Gasteiger partial charge in [-0.15, -0.1) is 0 Å². The quantitative estimate of drug-likeness (QED) is 0.900. The average molecular weight is 256 g/mol. The number of halogens is 1. The Kier molecular flexibility index (Phi) is 3.79. The Balaban J connectivity index is 2.50. The molecule has 1 saturated heterocycles. The van der Waals surface area contributed by atoms with Crippen LogP contribution in [0.25, 0.3) is 0 Å². The highest BCUT2D eigenvalue weighted by molar-refractivity contribution is 6.32. The lowest BCUT2D eigenvalue weighted by molar-refractivity contribution is 0.352. The topological polar surface area (TPSA) is 30.5 Å². The van der Waals surface area contributed by atoms with E-state index in [0.717, 1.165) is 24.3 Å². The molecule has 0 bridgehead atoms. The third-order valence-corrected chi connectivity index (χ3v) is 3.60. The molecule has 4 heteroatoms. The van der Waals surface area contributed by atoms with Crippen LogP contribution in [-0.4, -0.2) is 20.8 Å². The molecule has 0 amide bonds. The Morgan fingerprint density at radius 2 is 2.00 bits per heavy atom. The lowest BCUT2D eigenvalue weighted by Gasteiger charge is -2.19. The van der Waals surface area contributed by atoms with E-state index in [9.17, 15) is 0 Å². The molecule has 1 unspecified atom stereocenters. The summed E-state index contributed by atoms with van der Waals surface area (Å²) in [5, 5.41) is 4.08. The van der Waals surface area contributed by atoms with E-state index in [-0.39, 0.29) is 0 Å². The molecule has 0 aliphatic carbocycles. The van der Waals surface area contributed by atoms with Crippen LogP contribution in [0.1, 0.15) is 30.0 Å². The maximum absolute atomic E-state index is 6.23. The maximum Gasteiger partial charge on any atom is 0.179 e. The first-order chi connectivity index (χ1) is 8.19. The fourth-order valence-electron chi connectivity index (χ4n) is 2.47. The van der Waals surface area contributed by atoms with Crippen molar-refractivity contribution in [1.29, 1.82) is 0 Å². The molecule has 1 heterocycles. The largest absolute Gasteiger partial charge is 0.493 e. The fourth-order valence-corrected chi connectivity index (χ4v) is 2.75. The Morgan fingerprint density at radius 1 is 1.29 bits per heavy atom. The van der Waals surface area contributed by atoms with Gasteiger partial charge in [0.1, 0.15) is 0 Å². The second-order valence-corrected chi connectivity index (χ2v) is 4.70. The van der Waals surface area contributed by atoms with Gasteiger partial charge in [0.2, 0.25) is 0 Å². The molecule has 1 aromatic rings. The minimum atomic E-state index is 0.382. The van der Waals surface area contributed by atoms with Gasteiger partial charge in [0.25, 0.3) is 0 Å². The van der Waals surface area contributed by atoms with E-state index in [1.807, 2.05) is 13.0 Å². The van der Waals surface area contributed by atoms with E-state index in [2.05, 4.69) is 5.32 Å². The summed E-state index contributed by atoms with van der Waals surface area (Å²) < 4.78 is 10.7. The van der Waals surface area contributed by atoms with Gasteiger partial charge < -0.3 is 14.8 Å². The molecule has 1 aliphatic rings. The number of hydrogen-bond donors (Lipinski definition) is 1. The molecule has 3 nitrogen and oxygen atoms in total. The number of hydrogen-bond acceptors (Lipinski definition) is 3. The minimum Gasteiger partial charge on any atom is -0.493 e. The maximum atomic E-state index is 6.23. The second kappa shape index (κ2) is 5.15. The molecular formula is C13H18ClNO2. The van der Waals surface area contributed by atoms with E-state index in [1.165, 1.54) is 12.0 Å². The predicted molar refractivity (Wildman–Crippen MR) is 69.3 cm³/mol. The highest BCUT2D eigenvalue weighted by atomic mass is 35.5. The Bertz CT molecular complexity index is 414. The highest BCUT2D eigenvalue weighted by Gasteiger charge is 2.23. The first-order valence-electron chi connectivity index (χ1n) is 5.83. The van der Waals surface area contributed by atoms with Gasteiger partial charge in [-0.25, -0.2) is 0 Å². The fraction of sp³-hybridized carbons (Fsp3) is 0.538. The lowest BCUT2D eigenvalue weighted by atomic mass is 9.98. The first-order valence-corrected chi connectivity index (χ1v) is 6.21. The van der Waals surface area contributed by atoms with Crippen molar-refractivity contribution in [3.63, 3.8) is 0 Å². The van der Waals surface area contributed by atoms with Gasteiger partial charge in [-0.05, 0) is 43.5 Å². The number of nitrogens with one attached hydrogen (secondary N) is 1. The smallest absolute Gasteiger partial charge is 0.179 e. The van der Waals surface area contributed by atoms with Gasteiger partial charge in [0, 0.05) is 6.04 Å². The molecule has 94 valence electrons. The molecule has 17 heavy (non-hydrogen) atoms. The van der Waals surface area contributed by atoms with Gasteiger partial charge in [-0.2, -0.15) is 0 Å². The molecule has 0 aromatic heterocycles. The van der Waals surface area contributed by atoms with Crippen molar-refractivity contribution in [3.05, 3.63) is 22.2 Å². The zero-order chi connectivity index (χ0) is 12.4. The first kappa shape index (κ1) is 12.5. The van der Waals surface area contributed by atoms with E-state index in [0.29, 0.717) is 16.8 Å². The number of methoxy groups -OCH3 is 2. The van der Waals surface area contributed by atoms with Gasteiger partial charge in [-0.3, -0.25) is 0 Å². The average Bonchev–Trinajstić information content (AvgIpc) is 2.84. The lowest BCUT2D eigenvalue weighted by Crippen LogP contribution is -2.14. The van der Waals surface area contributed by atoms with Gasteiger partial charge >= 0.3 is 0 Å². The number of benzene rings is 1. The summed E-state index contributed by atoms with van der Waals surface area (Å²) in [6.07, 6.45) is 2.35. The van der Waals surface area contributed by atoms with E-state index >= 15 is 0 Å². The van der Waals surface area contributed by atoms with Gasteiger partial charge in [0.15, 0.2) is 11.5 Å². The van der Waals surface area contributed by atoms with E-state index in [4.69, 9.17) is 21.1 Å². The summed E-state index contributed by atoms with van der Waals surface area (Å²) in [7, 11) is 3.25. The van der Waals surface area contributed by atoms with Crippen LogP contribution >= 0.6 is 11.6 Å². The Hall–Kier alpha value is -0.930. The molecule has 0 spiro atoms. The molecule has 1 fully saturated rings. The second-order valence-electron chi connectivity index (χ2n) is 4.29. The van der Waals surface area contributed by atoms with Crippen LogP contribution < -0.4 is 14.8 Å². The van der Waals surface area contributed by atoms with Crippen LogP contribution in [0.15, 0.2) is 6.07 Å². The van der Waals surface area contributed by atoms with Crippen LogP contribution in [0.4, 0.5) is 0 Å². The SMILES string of the molecule is COc1c(Cl)cc(C2CCCN2)c(C)c1OC. The van der Waals surface area contributed by atoms with Crippen LogP contribution in [0, 0.1) is 6.92 Å².